The fourth-order valence-electron chi connectivity index (χ4n) is 4.05. The molecule has 1 amide bonds. The molecule has 0 saturated heterocycles. The Bertz CT molecular complexity index is 987. The number of fused-ring (bicyclic) bond motifs is 1. The second kappa shape index (κ2) is 12.7. The average molecular weight is 469 g/mol. The van der Waals surface area contributed by atoms with Crippen molar-refractivity contribution >= 4 is 23.5 Å². The van der Waals surface area contributed by atoms with Crippen LogP contribution in [0.15, 0.2) is 66.7 Å². The Kier molecular flexibility index (Phi) is 9.97. The Hall–Kier alpha value is -3.49. The van der Waals surface area contributed by atoms with Crippen LogP contribution in [0.25, 0.3) is 0 Å². The first kappa shape index (κ1) is 26.8. The second-order valence-corrected chi connectivity index (χ2v) is 7.62. The molecule has 0 spiro atoms. The number of amides is 1. The molecule has 3 rings (SSSR count). The molecule has 0 saturated carbocycles. The van der Waals surface area contributed by atoms with Crippen LogP contribution in [0.1, 0.15) is 31.4 Å². The van der Waals surface area contributed by atoms with Gasteiger partial charge in [-0.1, -0.05) is 62.4 Å². The number of carboxylic acids is 2. The van der Waals surface area contributed by atoms with Crippen molar-refractivity contribution in [2.75, 3.05) is 38.2 Å². The van der Waals surface area contributed by atoms with Gasteiger partial charge in [0.1, 0.15) is 0 Å². The summed E-state index contributed by atoms with van der Waals surface area (Å²) in [6, 6.07) is 17.8. The molecule has 0 aliphatic carbocycles. The van der Waals surface area contributed by atoms with E-state index in [-0.39, 0.29) is 5.91 Å². The summed E-state index contributed by atoms with van der Waals surface area (Å²) in [5, 5.41) is 15.6. The van der Waals surface area contributed by atoms with E-state index in [0.717, 1.165) is 42.9 Å². The first-order valence-corrected chi connectivity index (χ1v) is 11.2. The molecule has 1 unspecified atom stereocenters. The van der Waals surface area contributed by atoms with E-state index in [9.17, 15) is 14.4 Å². The van der Waals surface area contributed by atoms with Gasteiger partial charge >= 0.3 is 11.9 Å². The summed E-state index contributed by atoms with van der Waals surface area (Å²) in [5.41, 5.74) is 1.73. The number of ether oxygens (including phenoxy) is 1. The maximum atomic E-state index is 13.5. The van der Waals surface area contributed by atoms with Crippen LogP contribution in [0, 0.1) is 0 Å². The predicted octanol–water partition coefficient (Wildman–Crippen LogP) is 3.37. The lowest BCUT2D eigenvalue weighted by atomic mass is 9.87. The van der Waals surface area contributed by atoms with E-state index in [1.807, 2.05) is 59.5 Å². The third-order valence-electron chi connectivity index (χ3n) is 5.73. The van der Waals surface area contributed by atoms with Crippen molar-refractivity contribution in [1.29, 1.82) is 0 Å². The van der Waals surface area contributed by atoms with Crippen LogP contribution in [0.3, 0.4) is 0 Å². The molecule has 34 heavy (non-hydrogen) atoms. The van der Waals surface area contributed by atoms with Crippen LogP contribution < -0.4 is 4.90 Å². The van der Waals surface area contributed by atoms with Crippen LogP contribution >= 0.6 is 0 Å². The Labute approximate surface area is 200 Å². The number of nitrogens with zero attached hydrogens (tertiary/aromatic N) is 2. The molecule has 1 atom stereocenters. The largest absolute Gasteiger partial charge is 0.478 e. The molecular formula is C26H32N2O6. The third-order valence-corrected chi connectivity index (χ3v) is 5.73. The zero-order chi connectivity index (χ0) is 25.1. The summed E-state index contributed by atoms with van der Waals surface area (Å²) in [5.74, 6) is -2.51. The van der Waals surface area contributed by atoms with Gasteiger partial charge in [0.25, 0.3) is 5.91 Å². The number of aliphatic carboxylic acids is 2. The highest BCUT2D eigenvalue weighted by atomic mass is 16.5. The van der Waals surface area contributed by atoms with Crippen LogP contribution in [0.2, 0.25) is 0 Å². The van der Waals surface area contributed by atoms with Crippen molar-refractivity contribution in [2.24, 2.45) is 0 Å². The van der Waals surface area contributed by atoms with E-state index in [4.69, 9.17) is 14.9 Å². The summed E-state index contributed by atoms with van der Waals surface area (Å²) >= 11 is 0. The summed E-state index contributed by atoms with van der Waals surface area (Å²) in [6.07, 6.45) is 2.06. The molecule has 1 aliphatic rings. The standard InChI is InChI=1S/C22H28N2O2.C4H4O4/c1-4-23(5-2)16-11-17-24-20-15-10-9-14-19(20)22(26-3,21(24)25)18-12-7-6-8-13-18;5-3(6)1-2-4(7)8/h6-10,12-15H,4-5,11,16-17H2,1-3H3;1-2H,(H,5,6)(H,7,8)/b;2-1+. The molecule has 0 radical (unpaired) electrons. The zero-order valence-corrected chi connectivity index (χ0v) is 19.8. The smallest absolute Gasteiger partial charge is 0.328 e. The molecule has 2 aromatic rings. The number of anilines is 1. The lowest BCUT2D eigenvalue weighted by Gasteiger charge is -2.28. The zero-order valence-electron chi connectivity index (χ0n) is 19.8. The van der Waals surface area contributed by atoms with Gasteiger partial charge in [0.15, 0.2) is 5.60 Å². The topological polar surface area (TPSA) is 107 Å². The van der Waals surface area contributed by atoms with Gasteiger partial charge in [-0.15, -0.1) is 0 Å². The van der Waals surface area contributed by atoms with Gasteiger partial charge in [0.05, 0.1) is 5.69 Å². The number of carboxylic acid groups (broad SMARTS) is 2. The highest BCUT2D eigenvalue weighted by Gasteiger charge is 2.52. The van der Waals surface area contributed by atoms with E-state index in [1.165, 1.54) is 0 Å². The lowest BCUT2D eigenvalue weighted by molar-refractivity contribution is -0.135. The molecule has 1 aliphatic heterocycles. The van der Waals surface area contributed by atoms with Crippen LogP contribution in [-0.2, 0) is 24.7 Å². The number of benzene rings is 2. The monoisotopic (exact) mass is 468 g/mol. The first-order chi connectivity index (χ1) is 16.3. The molecule has 8 nitrogen and oxygen atoms in total. The van der Waals surface area contributed by atoms with Crippen molar-refractivity contribution in [3.63, 3.8) is 0 Å². The van der Waals surface area contributed by atoms with Gasteiger partial charge in [-0.2, -0.15) is 0 Å². The number of carbonyl (C=O) groups excluding carboxylic acids is 1. The van der Waals surface area contributed by atoms with Gasteiger partial charge < -0.3 is 24.7 Å². The lowest BCUT2D eigenvalue weighted by Crippen LogP contribution is -2.43. The molecular weight excluding hydrogens is 436 g/mol. The minimum absolute atomic E-state index is 0.00643. The summed E-state index contributed by atoms with van der Waals surface area (Å²) in [4.78, 5) is 36.9. The first-order valence-electron chi connectivity index (χ1n) is 11.2. The van der Waals surface area contributed by atoms with Crippen molar-refractivity contribution in [1.82, 2.24) is 4.90 Å². The highest BCUT2D eigenvalue weighted by Crippen LogP contribution is 2.46. The Morgan fingerprint density at radius 3 is 2.06 bits per heavy atom. The number of para-hydroxylation sites is 1. The number of hydrogen-bond acceptors (Lipinski definition) is 5. The van der Waals surface area contributed by atoms with Crippen LogP contribution in [0.4, 0.5) is 5.69 Å². The normalized spacial score (nSPS) is 16.9. The predicted molar refractivity (Wildman–Crippen MR) is 130 cm³/mol. The quantitative estimate of drug-likeness (QED) is 0.515. The SMILES string of the molecule is CCN(CC)CCCN1C(=O)C(OC)(c2ccccc2)c2ccccc21.O=C(O)/C=C/C(=O)O. The van der Waals surface area contributed by atoms with E-state index in [2.05, 4.69) is 18.7 Å². The average Bonchev–Trinajstić information content (AvgIpc) is 3.09. The summed E-state index contributed by atoms with van der Waals surface area (Å²) in [7, 11) is 1.63. The van der Waals surface area contributed by atoms with Crippen molar-refractivity contribution in [2.45, 2.75) is 25.9 Å². The van der Waals surface area contributed by atoms with Gasteiger partial charge in [-0.3, -0.25) is 4.79 Å². The fraction of sp³-hybridized carbons (Fsp3) is 0.346. The number of hydrogen-bond donors (Lipinski definition) is 2. The number of carbonyl (C=O) groups is 3. The third kappa shape index (κ3) is 6.09. The molecule has 8 heteroatoms. The Balaban J connectivity index is 0.000000440. The second-order valence-electron chi connectivity index (χ2n) is 7.62. The van der Waals surface area contributed by atoms with Gasteiger partial charge in [-0.05, 0) is 37.7 Å². The number of rotatable bonds is 10. The Morgan fingerprint density at radius 1 is 0.971 bits per heavy atom. The number of methoxy groups -OCH3 is 1. The van der Waals surface area contributed by atoms with Gasteiger partial charge in [0.2, 0.25) is 0 Å². The van der Waals surface area contributed by atoms with Crippen LogP contribution in [-0.4, -0.2) is 66.2 Å². The van der Waals surface area contributed by atoms with E-state index < -0.39 is 17.5 Å². The Morgan fingerprint density at radius 2 is 1.53 bits per heavy atom. The molecule has 1 heterocycles. The van der Waals surface area contributed by atoms with E-state index >= 15 is 0 Å². The van der Waals surface area contributed by atoms with Gasteiger partial charge in [0, 0.05) is 31.4 Å². The molecule has 0 bridgehead atoms. The van der Waals surface area contributed by atoms with Crippen molar-refractivity contribution in [3.05, 3.63) is 77.9 Å². The summed E-state index contributed by atoms with van der Waals surface area (Å²) in [6.45, 7) is 8.10. The fourth-order valence-corrected chi connectivity index (χ4v) is 4.05. The van der Waals surface area contributed by atoms with Crippen molar-refractivity contribution in [3.8, 4) is 0 Å². The van der Waals surface area contributed by atoms with Gasteiger partial charge in [-0.25, -0.2) is 9.59 Å². The molecule has 182 valence electrons. The minimum atomic E-state index is -1.26. The molecule has 2 aromatic carbocycles. The maximum Gasteiger partial charge on any atom is 0.328 e. The minimum Gasteiger partial charge on any atom is -0.478 e. The highest BCUT2D eigenvalue weighted by molar-refractivity contribution is 6.09. The summed E-state index contributed by atoms with van der Waals surface area (Å²) < 4.78 is 5.92. The van der Waals surface area contributed by atoms with Crippen LogP contribution in [0.5, 0.6) is 0 Å². The molecule has 0 aromatic heterocycles. The van der Waals surface area contributed by atoms with E-state index in [1.54, 1.807) is 7.11 Å². The maximum absolute atomic E-state index is 13.5. The molecule has 2 N–H and O–H groups in total. The van der Waals surface area contributed by atoms with Crippen molar-refractivity contribution < 1.29 is 29.3 Å². The molecule has 0 fully saturated rings. The van der Waals surface area contributed by atoms with E-state index in [0.29, 0.717) is 18.7 Å².